The van der Waals surface area contributed by atoms with Gasteiger partial charge in [0, 0.05) is 24.3 Å². The van der Waals surface area contributed by atoms with Crippen molar-refractivity contribution in [3.63, 3.8) is 0 Å². The van der Waals surface area contributed by atoms with E-state index in [2.05, 4.69) is 54.7 Å². The van der Waals surface area contributed by atoms with Crippen LogP contribution in [0.5, 0.6) is 0 Å². The van der Waals surface area contributed by atoms with Crippen LogP contribution in [0.3, 0.4) is 0 Å². The Balaban J connectivity index is 1.49. The molecule has 0 unspecified atom stereocenters. The molecule has 4 aromatic rings. The van der Waals surface area contributed by atoms with Crippen LogP contribution in [0.4, 0.5) is 5.95 Å². The molecule has 0 atom stereocenters. The second-order valence-electron chi connectivity index (χ2n) is 9.97. The van der Waals surface area contributed by atoms with Crippen LogP contribution in [0.15, 0.2) is 30.6 Å². The first-order valence-corrected chi connectivity index (χ1v) is 11.3. The molecule has 162 valence electrons. The van der Waals surface area contributed by atoms with E-state index in [1.54, 1.807) is 0 Å². The number of hydrogen-bond acceptors (Lipinski definition) is 5. The molecule has 7 nitrogen and oxygen atoms in total. The van der Waals surface area contributed by atoms with Crippen LogP contribution in [0.25, 0.3) is 27.9 Å². The molecule has 5 rings (SSSR count). The van der Waals surface area contributed by atoms with E-state index in [1.807, 2.05) is 23.0 Å². The van der Waals surface area contributed by atoms with Gasteiger partial charge < -0.3 is 9.88 Å². The number of aryl methyl sites for hydroxylation is 1. The summed E-state index contributed by atoms with van der Waals surface area (Å²) in [5.41, 5.74) is 4.92. The van der Waals surface area contributed by atoms with Gasteiger partial charge in [-0.25, -0.2) is 19.5 Å². The molecule has 0 saturated heterocycles. The fourth-order valence-electron chi connectivity index (χ4n) is 4.54. The first kappa shape index (κ1) is 20.0. The van der Waals surface area contributed by atoms with Crippen LogP contribution < -0.4 is 5.32 Å². The zero-order valence-electron chi connectivity index (χ0n) is 18.9. The van der Waals surface area contributed by atoms with Crippen molar-refractivity contribution in [3.8, 4) is 11.3 Å². The van der Waals surface area contributed by atoms with Crippen LogP contribution in [-0.4, -0.2) is 35.2 Å². The van der Waals surface area contributed by atoms with E-state index < -0.39 is 0 Å². The maximum atomic E-state index is 5.00. The minimum absolute atomic E-state index is 0.147. The Bertz CT molecular complexity index is 1220. The second kappa shape index (κ2) is 7.62. The van der Waals surface area contributed by atoms with Crippen molar-refractivity contribution in [1.82, 2.24) is 29.1 Å². The molecule has 0 spiro atoms. The second-order valence-corrected chi connectivity index (χ2v) is 9.97. The Hall–Kier alpha value is -2.96. The van der Waals surface area contributed by atoms with Crippen molar-refractivity contribution in [2.75, 3.05) is 5.32 Å². The van der Waals surface area contributed by atoms with E-state index in [0.29, 0.717) is 12.0 Å². The van der Waals surface area contributed by atoms with Gasteiger partial charge in [-0.2, -0.15) is 0 Å². The predicted octanol–water partition coefficient (Wildman–Crippen LogP) is 5.24. The summed E-state index contributed by atoms with van der Waals surface area (Å²) < 4.78 is 4.12. The lowest BCUT2D eigenvalue weighted by atomic mass is 9.96. The molecule has 1 N–H and O–H groups in total. The summed E-state index contributed by atoms with van der Waals surface area (Å²) in [4.78, 5) is 14.3. The number of rotatable bonds is 4. The van der Waals surface area contributed by atoms with Gasteiger partial charge in [0.05, 0.1) is 17.4 Å². The quantitative estimate of drug-likeness (QED) is 0.491. The molecular weight excluding hydrogens is 386 g/mol. The van der Waals surface area contributed by atoms with Gasteiger partial charge in [-0.05, 0) is 43.4 Å². The van der Waals surface area contributed by atoms with Gasteiger partial charge in [-0.15, -0.1) is 5.10 Å². The van der Waals surface area contributed by atoms with Crippen LogP contribution >= 0.6 is 0 Å². The number of hydrogen-bond donors (Lipinski definition) is 1. The SMILES string of the molecule is Cc1nc2ccc(-c3ccn4nc(NC5CCCCC5)ncc34)nc2n1CC(C)(C)C. The highest BCUT2D eigenvalue weighted by Crippen LogP contribution is 2.28. The lowest BCUT2D eigenvalue weighted by molar-refractivity contribution is 0.344. The van der Waals surface area contributed by atoms with E-state index >= 15 is 0 Å². The van der Waals surface area contributed by atoms with Gasteiger partial charge in [-0.1, -0.05) is 40.0 Å². The summed E-state index contributed by atoms with van der Waals surface area (Å²) in [7, 11) is 0. The highest BCUT2D eigenvalue weighted by atomic mass is 15.3. The molecule has 0 amide bonds. The lowest BCUT2D eigenvalue weighted by Gasteiger charge is -2.22. The van der Waals surface area contributed by atoms with Gasteiger partial charge in [0.15, 0.2) is 5.65 Å². The average molecular weight is 418 g/mol. The van der Waals surface area contributed by atoms with Crippen molar-refractivity contribution in [1.29, 1.82) is 0 Å². The molecule has 1 saturated carbocycles. The lowest BCUT2D eigenvalue weighted by Crippen LogP contribution is -2.23. The minimum atomic E-state index is 0.147. The molecule has 0 aliphatic heterocycles. The Labute approximate surface area is 182 Å². The maximum Gasteiger partial charge on any atom is 0.241 e. The minimum Gasteiger partial charge on any atom is -0.350 e. The summed E-state index contributed by atoms with van der Waals surface area (Å²) in [6.45, 7) is 9.64. The molecule has 1 fully saturated rings. The smallest absolute Gasteiger partial charge is 0.241 e. The summed E-state index contributed by atoms with van der Waals surface area (Å²) in [5, 5.41) is 8.20. The van der Waals surface area contributed by atoms with E-state index in [4.69, 9.17) is 15.1 Å². The first-order valence-electron chi connectivity index (χ1n) is 11.3. The molecule has 0 bridgehead atoms. The number of pyridine rings is 1. The summed E-state index contributed by atoms with van der Waals surface area (Å²) in [6.07, 6.45) is 10.2. The Morgan fingerprint density at radius 1 is 1.06 bits per heavy atom. The van der Waals surface area contributed by atoms with Crippen LogP contribution in [0, 0.1) is 12.3 Å². The Morgan fingerprint density at radius 3 is 2.65 bits per heavy atom. The molecule has 4 aromatic heterocycles. The molecule has 4 heterocycles. The molecule has 7 heteroatoms. The fourth-order valence-corrected chi connectivity index (χ4v) is 4.54. The summed E-state index contributed by atoms with van der Waals surface area (Å²) >= 11 is 0. The third-order valence-electron chi connectivity index (χ3n) is 6.05. The molecule has 1 aliphatic carbocycles. The van der Waals surface area contributed by atoms with Gasteiger partial charge in [0.1, 0.15) is 11.3 Å². The normalized spacial score (nSPS) is 15.7. The molecule has 31 heavy (non-hydrogen) atoms. The van der Waals surface area contributed by atoms with Crippen molar-refractivity contribution in [2.45, 2.75) is 72.4 Å². The number of anilines is 1. The maximum absolute atomic E-state index is 5.00. The third-order valence-corrected chi connectivity index (χ3v) is 6.05. The Morgan fingerprint density at radius 2 is 1.87 bits per heavy atom. The van der Waals surface area contributed by atoms with Crippen LogP contribution in [0.1, 0.15) is 58.7 Å². The highest BCUT2D eigenvalue weighted by molar-refractivity contribution is 5.82. The number of nitrogens with zero attached hydrogens (tertiary/aromatic N) is 6. The fraction of sp³-hybridized carbons (Fsp3) is 0.500. The van der Waals surface area contributed by atoms with E-state index in [1.165, 1.54) is 32.1 Å². The molecule has 0 aromatic carbocycles. The van der Waals surface area contributed by atoms with Gasteiger partial charge >= 0.3 is 0 Å². The number of aromatic nitrogens is 6. The van der Waals surface area contributed by atoms with Crippen molar-refractivity contribution in [2.24, 2.45) is 5.41 Å². The number of imidazole rings is 1. The van der Waals surface area contributed by atoms with Crippen molar-refractivity contribution < 1.29 is 0 Å². The van der Waals surface area contributed by atoms with E-state index in [-0.39, 0.29) is 5.41 Å². The molecule has 0 radical (unpaired) electrons. The monoisotopic (exact) mass is 417 g/mol. The average Bonchev–Trinajstić information content (AvgIpc) is 3.28. The topological polar surface area (TPSA) is 72.9 Å². The Kier molecular flexibility index (Phi) is 4.91. The number of nitrogens with one attached hydrogen (secondary N) is 1. The van der Waals surface area contributed by atoms with Crippen LogP contribution in [-0.2, 0) is 6.54 Å². The van der Waals surface area contributed by atoms with Gasteiger partial charge in [0.2, 0.25) is 5.95 Å². The third kappa shape index (κ3) is 4.01. The highest BCUT2D eigenvalue weighted by Gasteiger charge is 2.19. The number of fused-ring (bicyclic) bond motifs is 2. The zero-order chi connectivity index (χ0) is 21.6. The summed E-state index contributed by atoms with van der Waals surface area (Å²) in [5.74, 6) is 1.70. The zero-order valence-corrected chi connectivity index (χ0v) is 18.9. The van der Waals surface area contributed by atoms with E-state index in [9.17, 15) is 0 Å². The van der Waals surface area contributed by atoms with Gasteiger partial charge in [0.25, 0.3) is 0 Å². The molecular formula is C24H31N7. The first-order chi connectivity index (χ1) is 14.9. The standard InChI is InChI=1S/C24H31N7/c1-16-26-20-11-10-19(28-22(20)30(16)15-24(2,3)4)18-12-13-31-21(18)14-25-23(29-31)27-17-8-6-5-7-9-17/h10-14,17H,5-9,15H2,1-4H3,(H,27,29). The van der Waals surface area contributed by atoms with Crippen molar-refractivity contribution >= 4 is 22.6 Å². The largest absolute Gasteiger partial charge is 0.350 e. The van der Waals surface area contributed by atoms with E-state index in [0.717, 1.165) is 40.3 Å². The van der Waals surface area contributed by atoms with Crippen molar-refractivity contribution in [3.05, 3.63) is 36.4 Å². The van der Waals surface area contributed by atoms with Gasteiger partial charge in [-0.3, -0.25) is 0 Å². The summed E-state index contributed by atoms with van der Waals surface area (Å²) in [6, 6.07) is 6.66. The molecule has 1 aliphatic rings. The predicted molar refractivity (Wildman–Crippen MR) is 124 cm³/mol. The van der Waals surface area contributed by atoms with Crippen LogP contribution in [0.2, 0.25) is 0 Å².